The number of alkyl halides is 3. The van der Waals surface area contributed by atoms with Gasteiger partial charge in [-0.05, 0) is 48.9 Å². The fraction of sp³-hybridized carbons (Fsp3) is 0.154. The zero-order chi connectivity index (χ0) is 26.4. The molecular formula is C26H22F3N5O2S. The van der Waals surface area contributed by atoms with Crippen LogP contribution in [0.15, 0.2) is 83.1 Å². The lowest BCUT2D eigenvalue weighted by Crippen LogP contribution is -2.20. The van der Waals surface area contributed by atoms with Gasteiger partial charge in [0.05, 0.1) is 24.6 Å². The molecule has 0 aliphatic carbocycles. The number of carbonyl (C=O) groups excluding carboxylic acids is 1. The maximum absolute atomic E-state index is 12.7. The molecule has 0 fully saturated rings. The van der Waals surface area contributed by atoms with Crippen LogP contribution in [0.25, 0.3) is 17.1 Å². The molecule has 0 saturated carbocycles. The molecule has 7 nitrogen and oxygen atoms in total. The van der Waals surface area contributed by atoms with Gasteiger partial charge in [-0.3, -0.25) is 9.36 Å². The number of thioether (sulfide) groups is 1. The molecule has 0 saturated heterocycles. The summed E-state index contributed by atoms with van der Waals surface area (Å²) in [6.07, 6.45) is -3.13. The van der Waals surface area contributed by atoms with Crippen molar-refractivity contribution in [2.45, 2.75) is 18.3 Å². The van der Waals surface area contributed by atoms with Crippen molar-refractivity contribution in [3.63, 3.8) is 0 Å². The first kappa shape index (κ1) is 26.0. The summed E-state index contributed by atoms with van der Waals surface area (Å²) in [4.78, 5) is 12.4. The minimum atomic E-state index is -4.41. The Balaban J connectivity index is 1.47. The minimum Gasteiger partial charge on any atom is -0.497 e. The van der Waals surface area contributed by atoms with Crippen molar-refractivity contribution in [3.05, 3.63) is 89.5 Å². The lowest BCUT2D eigenvalue weighted by Gasteiger charge is -2.11. The van der Waals surface area contributed by atoms with E-state index in [0.717, 1.165) is 28.9 Å². The zero-order valence-electron chi connectivity index (χ0n) is 19.9. The van der Waals surface area contributed by atoms with Crippen molar-refractivity contribution in [2.75, 3.05) is 12.9 Å². The van der Waals surface area contributed by atoms with Crippen LogP contribution in [-0.2, 0) is 11.0 Å². The van der Waals surface area contributed by atoms with Gasteiger partial charge in [0, 0.05) is 11.3 Å². The molecule has 0 atom stereocenters. The van der Waals surface area contributed by atoms with Crippen LogP contribution < -0.4 is 10.2 Å². The quantitative estimate of drug-likeness (QED) is 0.186. The molecule has 1 heterocycles. The van der Waals surface area contributed by atoms with Gasteiger partial charge in [0.2, 0.25) is 0 Å². The molecule has 0 spiro atoms. The second kappa shape index (κ2) is 11.3. The minimum absolute atomic E-state index is 0.00740. The van der Waals surface area contributed by atoms with E-state index < -0.39 is 17.6 Å². The smallest absolute Gasteiger partial charge is 0.416 e. The molecule has 4 rings (SSSR count). The normalized spacial score (nSPS) is 11.6. The van der Waals surface area contributed by atoms with E-state index in [-0.39, 0.29) is 5.75 Å². The summed E-state index contributed by atoms with van der Waals surface area (Å²) in [5, 5.41) is 13.0. The van der Waals surface area contributed by atoms with Crippen LogP contribution in [0.3, 0.4) is 0 Å². The third kappa shape index (κ3) is 6.56. The molecule has 1 aromatic heterocycles. The number of amides is 1. The molecule has 4 aromatic rings. The maximum Gasteiger partial charge on any atom is 0.416 e. The number of aromatic nitrogens is 3. The van der Waals surface area contributed by atoms with Crippen molar-refractivity contribution < 1.29 is 22.7 Å². The van der Waals surface area contributed by atoms with Gasteiger partial charge in [0.1, 0.15) is 5.75 Å². The van der Waals surface area contributed by atoms with Crippen molar-refractivity contribution in [1.29, 1.82) is 0 Å². The number of benzene rings is 3. The highest BCUT2D eigenvalue weighted by molar-refractivity contribution is 7.99. The van der Waals surface area contributed by atoms with Crippen LogP contribution >= 0.6 is 11.8 Å². The highest BCUT2D eigenvalue weighted by Crippen LogP contribution is 2.30. The zero-order valence-corrected chi connectivity index (χ0v) is 20.7. The van der Waals surface area contributed by atoms with E-state index in [4.69, 9.17) is 4.74 Å². The lowest BCUT2D eigenvalue weighted by atomic mass is 10.1. The number of halogens is 3. The molecule has 11 heteroatoms. The SMILES string of the molecule is COc1ccc(-n2c(SCC(=O)NN=Cc3ccc(C(F)(F)F)cc3)nnc2-c2ccc(C)cc2)cc1. The summed E-state index contributed by atoms with van der Waals surface area (Å²) in [5.74, 6) is 0.905. The summed E-state index contributed by atoms with van der Waals surface area (Å²) in [5.41, 5.74) is 4.82. The van der Waals surface area contributed by atoms with Crippen molar-refractivity contribution in [1.82, 2.24) is 20.2 Å². The van der Waals surface area contributed by atoms with E-state index in [2.05, 4.69) is 20.7 Å². The van der Waals surface area contributed by atoms with Gasteiger partial charge in [-0.1, -0.05) is 53.7 Å². The number of rotatable bonds is 8. The van der Waals surface area contributed by atoms with Crippen LogP contribution in [-0.4, -0.2) is 39.7 Å². The second-order valence-electron chi connectivity index (χ2n) is 7.91. The monoisotopic (exact) mass is 525 g/mol. The van der Waals surface area contributed by atoms with Gasteiger partial charge in [-0.2, -0.15) is 18.3 Å². The number of aryl methyl sites for hydroxylation is 1. The molecule has 1 amide bonds. The molecule has 0 aliphatic rings. The Kier molecular flexibility index (Phi) is 7.92. The number of methoxy groups -OCH3 is 1. The Morgan fingerprint density at radius 2 is 1.70 bits per heavy atom. The third-order valence-electron chi connectivity index (χ3n) is 5.25. The number of carbonyl (C=O) groups is 1. The van der Waals surface area contributed by atoms with E-state index in [0.29, 0.717) is 22.3 Å². The summed E-state index contributed by atoms with van der Waals surface area (Å²) in [6, 6.07) is 19.7. The summed E-state index contributed by atoms with van der Waals surface area (Å²) < 4.78 is 45.1. The first-order valence-corrected chi connectivity index (χ1v) is 12.0. The topological polar surface area (TPSA) is 81.4 Å². The number of hydrogen-bond acceptors (Lipinski definition) is 6. The average Bonchev–Trinajstić information content (AvgIpc) is 3.31. The highest BCUT2D eigenvalue weighted by Gasteiger charge is 2.29. The third-order valence-corrected chi connectivity index (χ3v) is 6.18. The Labute approximate surface area is 215 Å². The van der Waals surface area contributed by atoms with E-state index in [1.54, 1.807) is 7.11 Å². The van der Waals surface area contributed by atoms with Crippen LogP contribution in [0.1, 0.15) is 16.7 Å². The number of ether oxygens (including phenoxy) is 1. The first-order chi connectivity index (χ1) is 17.7. The highest BCUT2D eigenvalue weighted by atomic mass is 32.2. The Bertz CT molecular complexity index is 1380. The fourth-order valence-electron chi connectivity index (χ4n) is 3.32. The standard InChI is InChI=1S/C26H22F3N5O2S/c1-17-3-7-19(8-4-17)24-32-33-25(34(24)21-11-13-22(36-2)14-12-21)37-16-23(35)31-30-15-18-5-9-20(10-6-18)26(27,28)29/h3-15H,16H2,1-2H3,(H,31,35). The molecule has 0 unspecified atom stereocenters. The molecule has 3 aromatic carbocycles. The molecule has 0 aliphatic heterocycles. The number of nitrogens with one attached hydrogen (secondary N) is 1. The predicted octanol–water partition coefficient (Wildman–Crippen LogP) is 5.51. The number of hydrazone groups is 1. The predicted molar refractivity (Wildman–Crippen MR) is 136 cm³/mol. The molecule has 0 bridgehead atoms. The van der Waals surface area contributed by atoms with Gasteiger partial charge in [0.15, 0.2) is 11.0 Å². The Hall–Kier alpha value is -4.12. The molecule has 190 valence electrons. The van der Waals surface area contributed by atoms with Crippen molar-refractivity contribution in [3.8, 4) is 22.8 Å². The van der Waals surface area contributed by atoms with Crippen molar-refractivity contribution >= 4 is 23.9 Å². The van der Waals surface area contributed by atoms with Crippen LogP contribution in [0.5, 0.6) is 5.75 Å². The van der Waals surface area contributed by atoms with Crippen molar-refractivity contribution in [2.24, 2.45) is 5.10 Å². The first-order valence-electron chi connectivity index (χ1n) is 11.0. The fourth-order valence-corrected chi connectivity index (χ4v) is 4.06. The van der Waals surface area contributed by atoms with Gasteiger partial charge in [-0.25, -0.2) is 5.43 Å². The molecule has 0 radical (unpaired) electrons. The average molecular weight is 526 g/mol. The second-order valence-corrected chi connectivity index (χ2v) is 8.85. The van der Waals surface area contributed by atoms with Gasteiger partial charge >= 0.3 is 6.18 Å². The van der Waals surface area contributed by atoms with Crippen LogP contribution in [0.2, 0.25) is 0 Å². The van der Waals surface area contributed by atoms with E-state index in [1.807, 2.05) is 60.0 Å². The Morgan fingerprint density at radius 1 is 1.03 bits per heavy atom. The van der Waals surface area contributed by atoms with Gasteiger partial charge < -0.3 is 4.74 Å². The molecule has 37 heavy (non-hydrogen) atoms. The van der Waals surface area contributed by atoms with E-state index >= 15 is 0 Å². The summed E-state index contributed by atoms with van der Waals surface area (Å²) in [7, 11) is 1.59. The van der Waals surface area contributed by atoms with Crippen LogP contribution in [0.4, 0.5) is 13.2 Å². The maximum atomic E-state index is 12.7. The summed E-state index contributed by atoms with van der Waals surface area (Å²) in [6.45, 7) is 2.00. The largest absolute Gasteiger partial charge is 0.497 e. The number of hydrogen-bond donors (Lipinski definition) is 1. The number of nitrogens with zero attached hydrogens (tertiary/aromatic N) is 4. The summed E-state index contributed by atoms with van der Waals surface area (Å²) >= 11 is 1.18. The Morgan fingerprint density at radius 3 is 2.32 bits per heavy atom. The molecule has 1 N–H and O–H groups in total. The lowest BCUT2D eigenvalue weighted by molar-refractivity contribution is -0.137. The van der Waals surface area contributed by atoms with Gasteiger partial charge in [0.25, 0.3) is 5.91 Å². The van der Waals surface area contributed by atoms with Crippen LogP contribution in [0, 0.1) is 6.92 Å². The van der Waals surface area contributed by atoms with Gasteiger partial charge in [-0.15, -0.1) is 10.2 Å². The molecular weight excluding hydrogens is 503 g/mol. The van der Waals surface area contributed by atoms with E-state index in [1.165, 1.54) is 30.1 Å². The van der Waals surface area contributed by atoms with E-state index in [9.17, 15) is 18.0 Å².